The zero-order valence-electron chi connectivity index (χ0n) is 11.7. The number of thioether (sulfide) groups is 1. The molecule has 112 valence electrons. The van der Waals surface area contributed by atoms with Gasteiger partial charge in [-0.05, 0) is 24.3 Å². The lowest BCUT2D eigenvalue weighted by atomic mass is 10.2. The molecule has 0 aromatic heterocycles. The van der Waals surface area contributed by atoms with Gasteiger partial charge in [0, 0.05) is 12.2 Å². The van der Waals surface area contributed by atoms with E-state index in [9.17, 15) is 14.4 Å². The van der Waals surface area contributed by atoms with E-state index in [1.165, 1.54) is 35.9 Å². The van der Waals surface area contributed by atoms with Crippen LogP contribution in [0, 0.1) is 0 Å². The molecule has 1 saturated heterocycles. The molecule has 1 aliphatic heterocycles. The predicted molar refractivity (Wildman–Crippen MR) is 78.9 cm³/mol. The van der Waals surface area contributed by atoms with Crippen molar-refractivity contribution < 1.29 is 24.9 Å². The number of rotatable bonds is 5. The van der Waals surface area contributed by atoms with E-state index in [-0.39, 0.29) is 23.5 Å². The number of quaternary nitrogens is 1. The molecule has 0 bridgehead atoms. The first-order valence-electron chi connectivity index (χ1n) is 6.54. The first kappa shape index (κ1) is 15.5. The Balaban J connectivity index is 2.16. The fourth-order valence-corrected chi connectivity index (χ4v) is 3.06. The van der Waals surface area contributed by atoms with Gasteiger partial charge < -0.3 is 10.5 Å². The van der Waals surface area contributed by atoms with E-state index in [4.69, 9.17) is 0 Å². The van der Waals surface area contributed by atoms with Crippen LogP contribution in [-0.2, 0) is 14.3 Å². The van der Waals surface area contributed by atoms with Gasteiger partial charge in [-0.1, -0.05) is 0 Å². The first-order valence-corrected chi connectivity index (χ1v) is 7.59. The second-order valence-corrected chi connectivity index (χ2v) is 5.83. The predicted octanol–water partition coefficient (Wildman–Crippen LogP) is 0.0802. The van der Waals surface area contributed by atoms with Crippen molar-refractivity contribution in [3.63, 3.8) is 0 Å². The fourth-order valence-electron chi connectivity index (χ4n) is 2.10. The Morgan fingerprint density at radius 2 is 2.05 bits per heavy atom. The first-order chi connectivity index (χ1) is 10.1. The van der Waals surface area contributed by atoms with Gasteiger partial charge in [0.25, 0.3) is 0 Å². The van der Waals surface area contributed by atoms with Crippen LogP contribution in [0.1, 0.15) is 16.8 Å². The standard InChI is InChI=1S/C14H16N2O4S/c1-20-14(19)9-2-4-10(5-3-9)16-12(17)8-11(13(16)18)21-7-6-15/h2-5,11H,6-8,15H2,1H3/p+1/t11-/m0/s1. The number of hydrogen-bond acceptors (Lipinski definition) is 5. The summed E-state index contributed by atoms with van der Waals surface area (Å²) < 4.78 is 4.61. The molecule has 1 aromatic carbocycles. The molecule has 1 atom stereocenters. The number of amides is 2. The summed E-state index contributed by atoms with van der Waals surface area (Å²) in [5, 5.41) is -0.334. The molecule has 2 amide bonds. The van der Waals surface area contributed by atoms with E-state index in [1.807, 2.05) is 0 Å². The van der Waals surface area contributed by atoms with Crippen LogP contribution >= 0.6 is 11.8 Å². The van der Waals surface area contributed by atoms with Crippen LogP contribution in [-0.4, -0.2) is 42.4 Å². The molecule has 0 radical (unpaired) electrons. The van der Waals surface area contributed by atoms with E-state index < -0.39 is 5.97 Å². The summed E-state index contributed by atoms with van der Waals surface area (Å²) >= 11 is 1.46. The summed E-state index contributed by atoms with van der Waals surface area (Å²) in [7, 11) is 1.30. The van der Waals surface area contributed by atoms with Crippen molar-refractivity contribution >= 4 is 35.2 Å². The maximum Gasteiger partial charge on any atom is 0.337 e. The minimum Gasteiger partial charge on any atom is -0.465 e. The highest BCUT2D eigenvalue weighted by Crippen LogP contribution is 2.29. The molecule has 1 fully saturated rings. The van der Waals surface area contributed by atoms with Gasteiger partial charge in [0.05, 0.1) is 30.2 Å². The van der Waals surface area contributed by atoms with Crippen molar-refractivity contribution in [2.45, 2.75) is 11.7 Å². The van der Waals surface area contributed by atoms with E-state index >= 15 is 0 Å². The van der Waals surface area contributed by atoms with Crippen LogP contribution in [0.3, 0.4) is 0 Å². The summed E-state index contributed by atoms with van der Waals surface area (Å²) in [6, 6.07) is 6.24. The van der Waals surface area contributed by atoms with E-state index in [2.05, 4.69) is 10.5 Å². The number of benzene rings is 1. The van der Waals surface area contributed by atoms with E-state index in [0.717, 1.165) is 12.3 Å². The van der Waals surface area contributed by atoms with Gasteiger partial charge in [-0.3, -0.25) is 9.59 Å². The number of esters is 1. The molecule has 1 aliphatic rings. The third-order valence-electron chi connectivity index (χ3n) is 3.12. The van der Waals surface area contributed by atoms with Crippen molar-refractivity contribution in [2.75, 3.05) is 24.3 Å². The summed E-state index contributed by atoms with van der Waals surface area (Å²) in [5.41, 5.74) is 4.59. The van der Waals surface area contributed by atoms with Crippen LogP contribution in [0.2, 0.25) is 0 Å². The molecule has 6 nitrogen and oxygen atoms in total. The van der Waals surface area contributed by atoms with Crippen molar-refractivity contribution in [1.82, 2.24) is 0 Å². The number of nitrogens with zero attached hydrogens (tertiary/aromatic N) is 1. The van der Waals surface area contributed by atoms with Gasteiger partial charge in [0.15, 0.2) is 0 Å². The topological polar surface area (TPSA) is 91.3 Å². The number of anilines is 1. The molecular formula is C14H17N2O4S+. The molecule has 21 heavy (non-hydrogen) atoms. The van der Waals surface area contributed by atoms with Crippen LogP contribution in [0.25, 0.3) is 0 Å². The van der Waals surface area contributed by atoms with Gasteiger partial charge >= 0.3 is 5.97 Å². The van der Waals surface area contributed by atoms with Gasteiger partial charge in [0.2, 0.25) is 11.8 Å². The molecule has 2 rings (SSSR count). The monoisotopic (exact) mass is 309 g/mol. The second kappa shape index (κ2) is 6.73. The van der Waals surface area contributed by atoms with Crippen molar-refractivity contribution in [3.8, 4) is 0 Å². The van der Waals surface area contributed by atoms with Crippen molar-refractivity contribution in [3.05, 3.63) is 29.8 Å². The number of carbonyl (C=O) groups is 3. The Kier molecular flexibility index (Phi) is 4.98. The summed E-state index contributed by atoms with van der Waals surface area (Å²) in [4.78, 5) is 36.8. The molecule has 0 spiro atoms. The Bertz CT molecular complexity index is 559. The highest BCUT2D eigenvalue weighted by Gasteiger charge is 2.39. The maximum absolute atomic E-state index is 12.3. The van der Waals surface area contributed by atoms with Crippen LogP contribution in [0.5, 0.6) is 0 Å². The number of hydrogen-bond donors (Lipinski definition) is 1. The number of methoxy groups -OCH3 is 1. The molecule has 1 heterocycles. The lowest BCUT2D eigenvalue weighted by molar-refractivity contribution is -0.360. The number of carbonyl (C=O) groups excluding carboxylic acids is 3. The minimum atomic E-state index is -0.454. The van der Waals surface area contributed by atoms with Crippen LogP contribution in [0.15, 0.2) is 24.3 Å². The largest absolute Gasteiger partial charge is 0.465 e. The maximum atomic E-state index is 12.3. The zero-order valence-corrected chi connectivity index (χ0v) is 12.5. The smallest absolute Gasteiger partial charge is 0.337 e. The highest BCUT2D eigenvalue weighted by molar-refractivity contribution is 8.00. The average Bonchev–Trinajstić information content (AvgIpc) is 2.79. The minimum absolute atomic E-state index is 0.204. The van der Waals surface area contributed by atoms with E-state index in [0.29, 0.717) is 11.3 Å². The third-order valence-corrected chi connectivity index (χ3v) is 4.41. The third kappa shape index (κ3) is 3.25. The molecular weight excluding hydrogens is 292 g/mol. The van der Waals surface area contributed by atoms with E-state index in [1.54, 1.807) is 12.1 Å². The lowest BCUT2D eigenvalue weighted by Crippen LogP contribution is -2.51. The Labute approximate surface area is 126 Å². The summed E-state index contributed by atoms with van der Waals surface area (Å²) in [6.45, 7) is 0.719. The highest BCUT2D eigenvalue weighted by atomic mass is 32.2. The van der Waals surface area contributed by atoms with Gasteiger partial charge in [-0.2, -0.15) is 0 Å². The SMILES string of the molecule is COC(=O)c1ccc(N2C(=O)C[C@H](SCC[NH3+])C2=O)cc1. The van der Waals surface area contributed by atoms with Gasteiger partial charge in [0.1, 0.15) is 0 Å². The zero-order chi connectivity index (χ0) is 15.4. The van der Waals surface area contributed by atoms with Gasteiger partial charge in [-0.25, -0.2) is 9.69 Å². The van der Waals surface area contributed by atoms with Crippen molar-refractivity contribution in [2.24, 2.45) is 0 Å². The van der Waals surface area contributed by atoms with Crippen molar-refractivity contribution in [1.29, 1.82) is 0 Å². The Morgan fingerprint density at radius 3 is 2.62 bits per heavy atom. The fraction of sp³-hybridized carbons (Fsp3) is 0.357. The lowest BCUT2D eigenvalue weighted by Gasteiger charge is -2.15. The molecule has 0 saturated carbocycles. The van der Waals surface area contributed by atoms with Crippen LogP contribution < -0.4 is 10.6 Å². The Morgan fingerprint density at radius 1 is 1.38 bits per heavy atom. The van der Waals surface area contributed by atoms with Crippen LogP contribution in [0.4, 0.5) is 5.69 Å². The normalized spacial score (nSPS) is 18.2. The number of imide groups is 1. The Hall–Kier alpha value is -1.86. The second-order valence-electron chi connectivity index (χ2n) is 4.52. The molecule has 3 N–H and O–H groups in total. The summed E-state index contributed by atoms with van der Waals surface area (Å²) in [5.74, 6) is -0.125. The quantitative estimate of drug-likeness (QED) is 0.614. The van der Waals surface area contributed by atoms with Gasteiger partial charge in [-0.15, -0.1) is 11.8 Å². The molecule has 0 aliphatic carbocycles. The molecule has 0 unspecified atom stereocenters. The number of ether oxygens (including phenoxy) is 1. The molecule has 7 heteroatoms. The summed E-state index contributed by atoms with van der Waals surface area (Å²) in [6.07, 6.45) is 0.211. The molecule has 1 aromatic rings. The average molecular weight is 309 g/mol.